The summed E-state index contributed by atoms with van der Waals surface area (Å²) in [5, 5.41) is 4.02. The van der Waals surface area contributed by atoms with Crippen molar-refractivity contribution in [3.63, 3.8) is 0 Å². The second-order valence-electron chi connectivity index (χ2n) is 5.07. The van der Waals surface area contributed by atoms with E-state index >= 15 is 0 Å². The molecule has 0 aliphatic rings. The van der Waals surface area contributed by atoms with Crippen LogP contribution in [0.25, 0.3) is 0 Å². The van der Waals surface area contributed by atoms with E-state index in [2.05, 4.69) is 5.10 Å². The third kappa shape index (κ3) is 4.09. The van der Waals surface area contributed by atoms with Crippen molar-refractivity contribution in [3.8, 4) is 0 Å². The molecule has 0 saturated carbocycles. The SMILES string of the molecule is CCN(CC)C(=O)n1cc(Cl)c(S(=O)(=O)Cc2ccc(Cl)cc2)n1. The molecule has 0 N–H and O–H groups in total. The number of amides is 1. The molecule has 0 fully saturated rings. The number of nitrogens with zero attached hydrogens (tertiary/aromatic N) is 3. The van der Waals surface area contributed by atoms with E-state index in [4.69, 9.17) is 23.2 Å². The molecule has 1 amide bonds. The molecule has 9 heteroatoms. The lowest BCUT2D eigenvalue weighted by molar-refractivity contribution is 0.201. The molecule has 0 saturated heterocycles. The fourth-order valence-electron chi connectivity index (χ4n) is 2.15. The first kappa shape index (κ1) is 18.8. The summed E-state index contributed by atoms with van der Waals surface area (Å²) in [5.74, 6) is -0.277. The van der Waals surface area contributed by atoms with Crippen molar-refractivity contribution < 1.29 is 13.2 Å². The van der Waals surface area contributed by atoms with Crippen molar-refractivity contribution >= 4 is 39.1 Å². The van der Waals surface area contributed by atoms with Crippen LogP contribution in [0, 0.1) is 0 Å². The van der Waals surface area contributed by atoms with Gasteiger partial charge in [0.15, 0.2) is 5.03 Å². The predicted octanol–water partition coefficient (Wildman–Crippen LogP) is 3.47. The quantitative estimate of drug-likeness (QED) is 0.784. The molecule has 0 radical (unpaired) electrons. The fraction of sp³-hybridized carbons (Fsp3) is 0.333. The van der Waals surface area contributed by atoms with Crippen molar-refractivity contribution in [1.82, 2.24) is 14.7 Å². The zero-order valence-electron chi connectivity index (χ0n) is 13.2. The molecular formula is C15H17Cl2N3O3S. The first-order chi connectivity index (χ1) is 11.3. The van der Waals surface area contributed by atoms with Gasteiger partial charge < -0.3 is 4.90 Å². The fourth-order valence-corrected chi connectivity index (χ4v) is 4.09. The Morgan fingerprint density at radius 2 is 1.75 bits per heavy atom. The second kappa shape index (κ2) is 7.55. The highest BCUT2D eigenvalue weighted by atomic mass is 35.5. The third-order valence-corrected chi connectivity index (χ3v) is 5.68. The molecule has 0 unspecified atom stereocenters. The summed E-state index contributed by atoms with van der Waals surface area (Å²) >= 11 is 11.8. The number of aromatic nitrogens is 2. The number of rotatable bonds is 5. The minimum absolute atomic E-state index is 0.0792. The lowest BCUT2D eigenvalue weighted by Gasteiger charge is -2.17. The van der Waals surface area contributed by atoms with Gasteiger partial charge in [-0.2, -0.15) is 9.78 Å². The van der Waals surface area contributed by atoms with E-state index in [0.29, 0.717) is 23.7 Å². The van der Waals surface area contributed by atoms with E-state index in [1.54, 1.807) is 24.3 Å². The standard InChI is InChI=1S/C15H17Cl2N3O3S/c1-3-19(4-2)15(21)20-9-13(17)14(18-20)24(22,23)10-11-5-7-12(16)8-6-11/h5-9H,3-4,10H2,1-2H3. The van der Waals surface area contributed by atoms with Crippen molar-refractivity contribution in [1.29, 1.82) is 0 Å². The Morgan fingerprint density at radius 1 is 1.17 bits per heavy atom. The Kier molecular flexibility index (Phi) is 5.90. The zero-order valence-corrected chi connectivity index (χ0v) is 15.6. The number of sulfone groups is 1. The van der Waals surface area contributed by atoms with Gasteiger partial charge in [-0.15, -0.1) is 0 Å². The Bertz CT molecular complexity index is 828. The van der Waals surface area contributed by atoms with E-state index < -0.39 is 15.9 Å². The van der Waals surface area contributed by atoms with E-state index in [0.717, 1.165) is 4.68 Å². The molecule has 2 aromatic rings. The van der Waals surface area contributed by atoms with Gasteiger partial charge in [0, 0.05) is 18.1 Å². The highest BCUT2D eigenvalue weighted by Gasteiger charge is 2.25. The molecule has 2 rings (SSSR count). The zero-order chi connectivity index (χ0) is 17.9. The number of hydrogen-bond acceptors (Lipinski definition) is 4. The van der Waals surface area contributed by atoms with Crippen molar-refractivity contribution in [3.05, 3.63) is 46.1 Å². The maximum atomic E-state index is 12.5. The van der Waals surface area contributed by atoms with Crippen LogP contribution in [0.4, 0.5) is 4.79 Å². The number of halogens is 2. The smallest absolute Gasteiger partial charge is 0.323 e. The van der Waals surface area contributed by atoms with Crippen molar-refractivity contribution in [2.24, 2.45) is 0 Å². The normalized spacial score (nSPS) is 11.5. The van der Waals surface area contributed by atoms with Crippen LogP contribution >= 0.6 is 23.2 Å². The highest BCUT2D eigenvalue weighted by Crippen LogP contribution is 2.24. The molecule has 1 aromatic heterocycles. The number of benzene rings is 1. The van der Waals surface area contributed by atoms with E-state index in [9.17, 15) is 13.2 Å². The van der Waals surface area contributed by atoms with Crippen LogP contribution in [-0.2, 0) is 15.6 Å². The molecule has 0 atom stereocenters. The molecule has 0 spiro atoms. The van der Waals surface area contributed by atoms with Gasteiger partial charge in [-0.1, -0.05) is 35.3 Å². The van der Waals surface area contributed by atoms with Crippen LogP contribution < -0.4 is 0 Å². The lowest BCUT2D eigenvalue weighted by Crippen LogP contribution is -2.34. The Labute approximate surface area is 150 Å². The Balaban J connectivity index is 2.31. The Hall–Kier alpha value is -1.57. The van der Waals surface area contributed by atoms with Gasteiger partial charge in [-0.3, -0.25) is 0 Å². The summed E-state index contributed by atoms with van der Waals surface area (Å²) < 4.78 is 26.0. The van der Waals surface area contributed by atoms with Gasteiger partial charge in [-0.05, 0) is 31.5 Å². The monoisotopic (exact) mass is 389 g/mol. The van der Waals surface area contributed by atoms with Gasteiger partial charge in [0.1, 0.15) is 0 Å². The van der Waals surface area contributed by atoms with Gasteiger partial charge in [-0.25, -0.2) is 13.2 Å². The van der Waals surface area contributed by atoms with Gasteiger partial charge in [0.25, 0.3) is 0 Å². The Morgan fingerprint density at radius 3 is 2.29 bits per heavy atom. The molecular weight excluding hydrogens is 373 g/mol. The largest absolute Gasteiger partial charge is 0.344 e. The topological polar surface area (TPSA) is 72.3 Å². The first-order valence-corrected chi connectivity index (χ1v) is 9.71. The number of hydrogen-bond donors (Lipinski definition) is 0. The molecule has 24 heavy (non-hydrogen) atoms. The van der Waals surface area contributed by atoms with Crippen LogP contribution in [0.5, 0.6) is 0 Å². The highest BCUT2D eigenvalue weighted by molar-refractivity contribution is 7.90. The summed E-state index contributed by atoms with van der Waals surface area (Å²) in [6.45, 7) is 4.62. The molecule has 1 aromatic carbocycles. The minimum atomic E-state index is -3.79. The van der Waals surface area contributed by atoms with Gasteiger partial charge >= 0.3 is 6.03 Å². The maximum absolute atomic E-state index is 12.5. The summed E-state index contributed by atoms with van der Waals surface area (Å²) in [6, 6.07) is 6.03. The summed E-state index contributed by atoms with van der Waals surface area (Å²) in [5.41, 5.74) is 0.556. The predicted molar refractivity (Wildman–Crippen MR) is 93.3 cm³/mol. The number of carbonyl (C=O) groups is 1. The van der Waals surface area contributed by atoms with Crippen LogP contribution in [0.2, 0.25) is 10.0 Å². The van der Waals surface area contributed by atoms with Crippen LogP contribution in [0.15, 0.2) is 35.5 Å². The maximum Gasteiger partial charge on any atom is 0.344 e. The average Bonchev–Trinajstić information content (AvgIpc) is 2.93. The van der Waals surface area contributed by atoms with E-state index in [1.807, 2.05) is 13.8 Å². The van der Waals surface area contributed by atoms with Crippen LogP contribution in [0.1, 0.15) is 19.4 Å². The van der Waals surface area contributed by atoms with Crippen molar-refractivity contribution in [2.75, 3.05) is 13.1 Å². The number of carbonyl (C=O) groups excluding carboxylic acids is 1. The molecule has 130 valence electrons. The average molecular weight is 390 g/mol. The summed E-state index contributed by atoms with van der Waals surface area (Å²) in [6.07, 6.45) is 1.22. The van der Waals surface area contributed by atoms with Crippen molar-refractivity contribution in [2.45, 2.75) is 24.6 Å². The van der Waals surface area contributed by atoms with Crippen LogP contribution in [0.3, 0.4) is 0 Å². The molecule has 0 bridgehead atoms. The van der Waals surface area contributed by atoms with E-state index in [-0.39, 0.29) is 15.8 Å². The third-order valence-electron chi connectivity index (χ3n) is 3.43. The lowest BCUT2D eigenvalue weighted by atomic mass is 10.2. The summed E-state index contributed by atoms with van der Waals surface area (Å²) in [7, 11) is -3.79. The second-order valence-corrected chi connectivity index (χ2v) is 7.82. The van der Waals surface area contributed by atoms with Gasteiger partial charge in [0.2, 0.25) is 9.84 Å². The molecule has 6 nitrogen and oxygen atoms in total. The van der Waals surface area contributed by atoms with Crippen LogP contribution in [-0.4, -0.2) is 42.2 Å². The summed E-state index contributed by atoms with van der Waals surface area (Å²) in [4.78, 5) is 13.8. The molecule has 0 aliphatic heterocycles. The minimum Gasteiger partial charge on any atom is -0.323 e. The van der Waals surface area contributed by atoms with E-state index in [1.165, 1.54) is 11.1 Å². The van der Waals surface area contributed by atoms with Gasteiger partial charge in [0.05, 0.1) is 17.0 Å². The molecule has 1 heterocycles. The molecule has 0 aliphatic carbocycles. The first-order valence-electron chi connectivity index (χ1n) is 7.30.